The normalized spacial score (nSPS) is 11.8. The van der Waals surface area contributed by atoms with E-state index in [0.29, 0.717) is 23.0 Å². The minimum Gasteiger partial charge on any atom is -0.475 e. The van der Waals surface area contributed by atoms with Crippen molar-refractivity contribution in [2.75, 3.05) is 0 Å². The van der Waals surface area contributed by atoms with Gasteiger partial charge >= 0.3 is 5.97 Å². The number of benzene rings is 2. The second kappa shape index (κ2) is 7.28. The van der Waals surface area contributed by atoms with E-state index in [0.717, 1.165) is 0 Å². The zero-order valence-electron chi connectivity index (χ0n) is 15.6. The van der Waals surface area contributed by atoms with Crippen LogP contribution in [0, 0.1) is 5.82 Å². The van der Waals surface area contributed by atoms with Gasteiger partial charge in [0.1, 0.15) is 17.2 Å². The van der Waals surface area contributed by atoms with E-state index < -0.39 is 17.2 Å². The van der Waals surface area contributed by atoms with Gasteiger partial charge in [-0.1, -0.05) is 18.2 Å². The number of ether oxygens (including phenoxy) is 2. The summed E-state index contributed by atoms with van der Waals surface area (Å²) in [6.07, 6.45) is 0.649. The second-order valence-electron chi connectivity index (χ2n) is 7.50. The molecule has 0 spiro atoms. The Kier molecular flexibility index (Phi) is 5.50. The fraction of sp³-hybridized carbons (Fsp3) is 0.333. The number of esters is 1. The molecule has 0 aromatic heterocycles. The van der Waals surface area contributed by atoms with Gasteiger partial charge in [0.25, 0.3) is 0 Å². The fourth-order valence-corrected chi connectivity index (χ4v) is 2.29. The van der Waals surface area contributed by atoms with Crippen LogP contribution < -0.4 is 4.74 Å². The standard InChI is InChI=1S/C21H23FO4/c1-20(2,3)26-19(24)21(4,5)25-18-12-15(9-10-16(18)13-23)14-7-6-8-17(22)11-14/h6-13H,1-5H3. The highest BCUT2D eigenvalue weighted by molar-refractivity contribution is 5.84. The molecule has 0 amide bonds. The number of carbonyl (C=O) groups is 2. The first kappa shape index (κ1) is 19.6. The van der Waals surface area contributed by atoms with Gasteiger partial charge in [0, 0.05) is 0 Å². The summed E-state index contributed by atoms with van der Waals surface area (Å²) >= 11 is 0. The second-order valence-corrected chi connectivity index (χ2v) is 7.50. The SMILES string of the molecule is CC(C)(C)OC(=O)C(C)(C)Oc1cc(-c2cccc(F)c2)ccc1C=O. The minimum absolute atomic E-state index is 0.234. The molecule has 0 radical (unpaired) electrons. The zero-order valence-corrected chi connectivity index (χ0v) is 15.6. The molecule has 5 heteroatoms. The van der Waals surface area contributed by atoms with Crippen LogP contribution in [-0.2, 0) is 9.53 Å². The predicted molar refractivity (Wildman–Crippen MR) is 97.8 cm³/mol. The third-order valence-electron chi connectivity index (χ3n) is 3.55. The molecule has 2 rings (SSSR count). The highest BCUT2D eigenvalue weighted by Gasteiger charge is 2.35. The number of aldehydes is 1. The Hall–Kier alpha value is -2.69. The maximum absolute atomic E-state index is 13.5. The lowest BCUT2D eigenvalue weighted by molar-refractivity contribution is -0.170. The Morgan fingerprint density at radius 2 is 1.65 bits per heavy atom. The Labute approximate surface area is 152 Å². The third kappa shape index (κ3) is 4.91. The van der Waals surface area contributed by atoms with Crippen LogP contribution in [0.3, 0.4) is 0 Å². The molecule has 0 fully saturated rings. The van der Waals surface area contributed by atoms with Gasteiger partial charge in [-0.15, -0.1) is 0 Å². The van der Waals surface area contributed by atoms with E-state index in [1.807, 2.05) is 0 Å². The van der Waals surface area contributed by atoms with E-state index in [1.165, 1.54) is 12.1 Å². The number of halogens is 1. The molecule has 0 aliphatic carbocycles. The molecule has 0 atom stereocenters. The fourth-order valence-electron chi connectivity index (χ4n) is 2.29. The van der Waals surface area contributed by atoms with Gasteiger partial charge in [-0.05, 0) is 70.0 Å². The molecular formula is C21H23FO4. The lowest BCUT2D eigenvalue weighted by atomic mass is 10.0. The van der Waals surface area contributed by atoms with Crippen molar-refractivity contribution in [3.63, 3.8) is 0 Å². The van der Waals surface area contributed by atoms with E-state index in [9.17, 15) is 14.0 Å². The number of rotatable bonds is 5. The van der Waals surface area contributed by atoms with Gasteiger partial charge in [0.2, 0.25) is 0 Å². The lowest BCUT2D eigenvalue weighted by Gasteiger charge is -2.29. The molecule has 2 aromatic rings. The third-order valence-corrected chi connectivity index (χ3v) is 3.55. The Balaban J connectivity index is 2.37. The van der Waals surface area contributed by atoms with Crippen LogP contribution in [0.1, 0.15) is 45.0 Å². The molecular weight excluding hydrogens is 335 g/mol. The molecule has 0 heterocycles. The minimum atomic E-state index is -1.30. The quantitative estimate of drug-likeness (QED) is 0.569. The maximum Gasteiger partial charge on any atom is 0.350 e. The molecule has 0 aliphatic heterocycles. The van der Waals surface area contributed by atoms with Crippen molar-refractivity contribution in [1.29, 1.82) is 0 Å². The Morgan fingerprint density at radius 3 is 2.23 bits per heavy atom. The molecule has 138 valence electrons. The van der Waals surface area contributed by atoms with E-state index in [-0.39, 0.29) is 11.6 Å². The van der Waals surface area contributed by atoms with Crippen molar-refractivity contribution in [3.05, 3.63) is 53.8 Å². The van der Waals surface area contributed by atoms with E-state index >= 15 is 0 Å². The topological polar surface area (TPSA) is 52.6 Å². The van der Waals surface area contributed by atoms with Crippen molar-refractivity contribution in [3.8, 4) is 16.9 Å². The van der Waals surface area contributed by atoms with Gasteiger partial charge in [-0.2, -0.15) is 0 Å². The molecule has 0 aliphatic rings. The zero-order chi connectivity index (χ0) is 19.5. The van der Waals surface area contributed by atoms with E-state index in [1.54, 1.807) is 65.0 Å². The van der Waals surface area contributed by atoms with E-state index in [2.05, 4.69) is 0 Å². The summed E-state index contributed by atoms with van der Waals surface area (Å²) in [5.74, 6) is -0.672. The largest absolute Gasteiger partial charge is 0.475 e. The predicted octanol–water partition coefficient (Wildman–Crippen LogP) is 4.80. The van der Waals surface area contributed by atoms with Gasteiger partial charge in [0.05, 0.1) is 5.56 Å². The number of carbonyl (C=O) groups excluding carboxylic acids is 2. The highest BCUT2D eigenvalue weighted by Crippen LogP contribution is 2.30. The Morgan fingerprint density at radius 1 is 1.00 bits per heavy atom. The van der Waals surface area contributed by atoms with Crippen molar-refractivity contribution in [1.82, 2.24) is 0 Å². The molecule has 0 unspecified atom stereocenters. The molecule has 0 saturated carbocycles. The molecule has 0 saturated heterocycles. The summed E-state index contributed by atoms with van der Waals surface area (Å²) < 4.78 is 24.7. The van der Waals surface area contributed by atoms with Crippen molar-refractivity contribution in [2.45, 2.75) is 45.8 Å². The average molecular weight is 358 g/mol. The van der Waals surface area contributed by atoms with Crippen LogP contribution in [0.2, 0.25) is 0 Å². The van der Waals surface area contributed by atoms with Crippen LogP contribution in [0.25, 0.3) is 11.1 Å². The molecule has 26 heavy (non-hydrogen) atoms. The van der Waals surface area contributed by atoms with Crippen LogP contribution in [-0.4, -0.2) is 23.5 Å². The highest BCUT2D eigenvalue weighted by atomic mass is 19.1. The summed E-state index contributed by atoms with van der Waals surface area (Å²) in [6.45, 7) is 8.45. The lowest BCUT2D eigenvalue weighted by Crippen LogP contribution is -2.43. The molecule has 0 bridgehead atoms. The summed E-state index contributed by atoms with van der Waals surface area (Å²) in [7, 11) is 0. The first-order chi connectivity index (χ1) is 12.0. The first-order valence-corrected chi connectivity index (χ1v) is 8.29. The van der Waals surface area contributed by atoms with Crippen molar-refractivity contribution >= 4 is 12.3 Å². The van der Waals surface area contributed by atoms with Crippen LogP contribution in [0.15, 0.2) is 42.5 Å². The van der Waals surface area contributed by atoms with Gasteiger partial charge in [0.15, 0.2) is 11.9 Å². The number of hydrogen-bond acceptors (Lipinski definition) is 4. The van der Waals surface area contributed by atoms with Crippen molar-refractivity contribution < 1.29 is 23.5 Å². The van der Waals surface area contributed by atoms with Gasteiger partial charge < -0.3 is 9.47 Å². The molecule has 4 nitrogen and oxygen atoms in total. The molecule has 2 aromatic carbocycles. The first-order valence-electron chi connectivity index (χ1n) is 8.29. The van der Waals surface area contributed by atoms with Crippen LogP contribution in [0.4, 0.5) is 4.39 Å². The monoisotopic (exact) mass is 358 g/mol. The summed E-state index contributed by atoms with van der Waals surface area (Å²) in [6, 6.07) is 11.0. The Bertz CT molecular complexity index is 819. The molecule has 0 N–H and O–H groups in total. The maximum atomic E-state index is 13.5. The van der Waals surface area contributed by atoms with Crippen LogP contribution >= 0.6 is 0 Å². The summed E-state index contributed by atoms with van der Waals surface area (Å²) in [5.41, 5.74) is -0.352. The average Bonchev–Trinajstić information content (AvgIpc) is 2.53. The van der Waals surface area contributed by atoms with Gasteiger partial charge in [-0.25, -0.2) is 9.18 Å². The number of hydrogen-bond donors (Lipinski definition) is 0. The van der Waals surface area contributed by atoms with E-state index in [4.69, 9.17) is 9.47 Å². The van der Waals surface area contributed by atoms with Crippen molar-refractivity contribution in [2.24, 2.45) is 0 Å². The summed E-state index contributed by atoms with van der Waals surface area (Å²) in [4.78, 5) is 23.8. The smallest absolute Gasteiger partial charge is 0.350 e. The van der Waals surface area contributed by atoms with Crippen LogP contribution in [0.5, 0.6) is 5.75 Å². The summed E-state index contributed by atoms with van der Waals surface area (Å²) in [5, 5.41) is 0. The van der Waals surface area contributed by atoms with Gasteiger partial charge in [-0.3, -0.25) is 4.79 Å².